The molecule has 6 nitrogen and oxygen atoms in total. The third-order valence-corrected chi connectivity index (χ3v) is 3.93. The van der Waals surface area contributed by atoms with Crippen molar-refractivity contribution in [1.82, 2.24) is 4.98 Å². The lowest BCUT2D eigenvalue weighted by Gasteiger charge is -2.26. The summed E-state index contributed by atoms with van der Waals surface area (Å²) in [6.07, 6.45) is 0.231. The van der Waals surface area contributed by atoms with Gasteiger partial charge in [0.15, 0.2) is 0 Å². The minimum Gasteiger partial charge on any atom is -0.508 e. The van der Waals surface area contributed by atoms with Crippen LogP contribution in [0.5, 0.6) is 5.75 Å². The lowest BCUT2D eigenvalue weighted by molar-refractivity contribution is -0.116. The average molecular weight is 312 g/mol. The van der Waals surface area contributed by atoms with Crippen LogP contribution >= 0.6 is 0 Å². The molecule has 1 aliphatic rings. The quantitative estimate of drug-likeness (QED) is 0.831. The van der Waals surface area contributed by atoms with E-state index in [9.17, 15) is 14.7 Å². The van der Waals surface area contributed by atoms with Crippen molar-refractivity contribution in [2.24, 2.45) is 0 Å². The number of nitrogens with one attached hydrogen (secondary N) is 1. The molecule has 2 N–H and O–H groups in total. The summed E-state index contributed by atoms with van der Waals surface area (Å²) in [5.74, 6) is -0.825. The maximum absolute atomic E-state index is 12.0. The van der Waals surface area contributed by atoms with Crippen LogP contribution in [-0.4, -0.2) is 29.1 Å². The zero-order chi connectivity index (χ0) is 16.6. The number of nitrogens with zero attached hydrogens (tertiary/aromatic N) is 1. The summed E-state index contributed by atoms with van der Waals surface area (Å²) >= 11 is 0. The van der Waals surface area contributed by atoms with Crippen LogP contribution in [0.2, 0.25) is 0 Å². The number of hydrogen-bond donors (Lipinski definition) is 2. The maximum Gasteiger partial charge on any atom is 0.356 e. The molecule has 23 heavy (non-hydrogen) atoms. The topological polar surface area (TPSA) is 88.5 Å². The fraction of sp³-hybridized carbons (Fsp3) is 0.235. The van der Waals surface area contributed by atoms with Gasteiger partial charge in [-0.3, -0.25) is 4.79 Å². The van der Waals surface area contributed by atoms with E-state index in [1.54, 1.807) is 31.2 Å². The molecule has 118 valence electrons. The minimum absolute atomic E-state index is 0.126. The van der Waals surface area contributed by atoms with E-state index in [0.29, 0.717) is 16.9 Å². The molecule has 2 heterocycles. The Bertz CT molecular complexity index is 801. The smallest absolute Gasteiger partial charge is 0.356 e. The SMILES string of the molecule is COC(=O)c1cccc(C2CC(=O)Nc3cc(O)c(C)cc32)n1. The molecule has 6 heteroatoms. The van der Waals surface area contributed by atoms with Gasteiger partial charge in [-0.2, -0.15) is 0 Å². The van der Waals surface area contributed by atoms with Gasteiger partial charge in [-0.25, -0.2) is 9.78 Å². The molecule has 1 aromatic heterocycles. The van der Waals surface area contributed by atoms with E-state index in [2.05, 4.69) is 10.3 Å². The number of carbonyl (C=O) groups excluding carboxylic acids is 2. The van der Waals surface area contributed by atoms with Gasteiger partial charge in [-0.05, 0) is 36.2 Å². The number of benzene rings is 1. The lowest BCUT2D eigenvalue weighted by atomic mass is 9.86. The second-order valence-corrected chi connectivity index (χ2v) is 5.47. The van der Waals surface area contributed by atoms with Crippen LogP contribution in [0.25, 0.3) is 0 Å². The number of rotatable bonds is 2. The highest BCUT2D eigenvalue weighted by molar-refractivity contribution is 5.95. The Labute approximate surface area is 133 Å². The van der Waals surface area contributed by atoms with Gasteiger partial charge in [-0.1, -0.05) is 6.07 Å². The van der Waals surface area contributed by atoms with E-state index in [1.165, 1.54) is 7.11 Å². The second kappa shape index (κ2) is 5.72. The Balaban J connectivity index is 2.09. The van der Waals surface area contributed by atoms with Crippen LogP contribution in [0.15, 0.2) is 30.3 Å². The van der Waals surface area contributed by atoms with Gasteiger partial charge in [-0.15, -0.1) is 0 Å². The fourth-order valence-corrected chi connectivity index (χ4v) is 2.74. The van der Waals surface area contributed by atoms with Crippen LogP contribution in [0.1, 0.15) is 39.6 Å². The molecular weight excluding hydrogens is 296 g/mol. The molecule has 0 saturated carbocycles. The number of methoxy groups -OCH3 is 1. The predicted molar refractivity (Wildman–Crippen MR) is 83.5 cm³/mol. The fourth-order valence-electron chi connectivity index (χ4n) is 2.74. The highest BCUT2D eigenvalue weighted by Gasteiger charge is 2.28. The van der Waals surface area contributed by atoms with Crippen molar-refractivity contribution < 1.29 is 19.4 Å². The van der Waals surface area contributed by atoms with Crippen molar-refractivity contribution in [3.8, 4) is 5.75 Å². The molecule has 0 saturated heterocycles. The number of phenols is 1. The van der Waals surface area contributed by atoms with Crippen molar-refractivity contribution in [1.29, 1.82) is 0 Å². The molecule has 0 fully saturated rings. The van der Waals surface area contributed by atoms with E-state index < -0.39 is 5.97 Å². The van der Waals surface area contributed by atoms with Crippen molar-refractivity contribution in [2.45, 2.75) is 19.3 Å². The minimum atomic E-state index is -0.519. The summed E-state index contributed by atoms with van der Waals surface area (Å²) in [4.78, 5) is 28.0. The van der Waals surface area contributed by atoms with Gasteiger partial charge < -0.3 is 15.2 Å². The molecular formula is C17H16N2O4. The normalized spacial score (nSPS) is 16.4. The van der Waals surface area contributed by atoms with Gasteiger partial charge >= 0.3 is 5.97 Å². The number of ether oxygens (including phenoxy) is 1. The van der Waals surface area contributed by atoms with Gasteiger partial charge in [0.2, 0.25) is 5.91 Å². The molecule has 1 aliphatic heterocycles. The van der Waals surface area contributed by atoms with Crippen molar-refractivity contribution in [3.05, 3.63) is 52.8 Å². The molecule has 3 rings (SSSR count). The summed E-state index contributed by atoms with van der Waals surface area (Å²) in [6.45, 7) is 1.79. The van der Waals surface area contributed by atoms with Crippen molar-refractivity contribution in [2.75, 3.05) is 12.4 Å². The van der Waals surface area contributed by atoms with Crippen LogP contribution in [0.3, 0.4) is 0 Å². The Morgan fingerprint density at radius 1 is 1.39 bits per heavy atom. The number of aromatic nitrogens is 1. The third-order valence-electron chi connectivity index (χ3n) is 3.93. The zero-order valence-electron chi connectivity index (χ0n) is 12.8. The predicted octanol–water partition coefficient (Wildman–Crippen LogP) is 2.36. The monoisotopic (exact) mass is 312 g/mol. The standard InChI is InChI=1S/C17H16N2O4/c1-9-6-10-11(7-16(21)19-14(10)8-15(9)20)12-4-3-5-13(18-12)17(22)23-2/h3-6,8,11,20H,7H2,1-2H3,(H,19,21). The number of hydrogen-bond acceptors (Lipinski definition) is 5. The average Bonchev–Trinajstić information content (AvgIpc) is 2.55. The lowest BCUT2D eigenvalue weighted by Crippen LogP contribution is -2.24. The number of aryl methyl sites for hydroxylation is 1. The number of pyridine rings is 1. The first-order chi connectivity index (χ1) is 11.0. The molecule has 1 amide bonds. The molecule has 1 atom stereocenters. The summed E-state index contributed by atoms with van der Waals surface area (Å²) < 4.78 is 4.69. The van der Waals surface area contributed by atoms with Crippen LogP contribution in [0, 0.1) is 6.92 Å². The first-order valence-corrected chi connectivity index (χ1v) is 7.18. The molecule has 0 bridgehead atoms. The van der Waals surface area contributed by atoms with Gasteiger partial charge in [0, 0.05) is 29.8 Å². The molecule has 1 aromatic carbocycles. The number of phenolic OH excluding ortho intramolecular Hbond substituents is 1. The Morgan fingerprint density at radius 2 is 2.17 bits per heavy atom. The summed E-state index contributed by atoms with van der Waals surface area (Å²) in [5, 5.41) is 12.6. The highest BCUT2D eigenvalue weighted by Crippen LogP contribution is 2.39. The van der Waals surface area contributed by atoms with E-state index in [4.69, 9.17) is 4.74 Å². The molecule has 2 aromatic rings. The number of fused-ring (bicyclic) bond motifs is 1. The van der Waals surface area contributed by atoms with Crippen LogP contribution in [-0.2, 0) is 9.53 Å². The van der Waals surface area contributed by atoms with E-state index >= 15 is 0 Å². The third kappa shape index (κ3) is 2.75. The summed E-state index contributed by atoms with van der Waals surface area (Å²) in [5.41, 5.74) is 2.98. The van der Waals surface area contributed by atoms with E-state index in [1.807, 2.05) is 6.07 Å². The molecule has 0 aliphatic carbocycles. The highest BCUT2D eigenvalue weighted by atomic mass is 16.5. The number of anilines is 1. The Morgan fingerprint density at radius 3 is 2.91 bits per heavy atom. The number of amides is 1. The van der Waals surface area contributed by atoms with E-state index in [0.717, 1.165) is 5.56 Å². The molecule has 1 unspecified atom stereocenters. The number of aromatic hydroxyl groups is 1. The van der Waals surface area contributed by atoms with Crippen LogP contribution in [0.4, 0.5) is 5.69 Å². The second-order valence-electron chi connectivity index (χ2n) is 5.47. The van der Waals surface area contributed by atoms with Gasteiger partial charge in [0.1, 0.15) is 11.4 Å². The van der Waals surface area contributed by atoms with Crippen molar-refractivity contribution in [3.63, 3.8) is 0 Å². The summed E-state index contributed by atoms with van der Waals surface area (Å²) in [6, 6.07) is 8.44. The van der Waals surface area contributed by atoms with Crippen molar-refractivity contribution >= 4 is 17.6 Å². The number of carbonyl (C=O) groups is 2. The van der Waals surface area contributed by atoms with Gasteiger partial charge in [0.05, 0.1) is 7.11 Å². The Hall–Kier alpha value is -2.89. The molecule has 0 spiro atoms. The largest absolute Gasteiger partial charge is 0.508 e. The number of esters is 1. The van der Waals surface area contributed by atoms with Gasteiger partial charge in [0.25, 0.3) is 0 Å². The first-order valence-electron chi connectivity index (χ1n) is 7.18. The first kappa shape index (κ1) is 15.0. The molecule has 0 radical (unpaired) electrons. The summed E-state index contributed by atoms with van der Waals surface area (Å²) in [7, 11) is 1.30. The van der Waals surface area contributed by atoms with Crippen LogP contribution < -0.4 is 5.32 Å². The Kier molecular flexibility index (Phi) is 3.73. The van der Waals surface area contributed by atoms with E-state index in [-0.39, 0.29) is 29.7 Å². The zero-order valence-corrected chi connectivity index (χ0v) is 12.8. The maximum atomic E-state index is 12.0.